The molecule has 5 heteroatoms. The van der Waals surface area contributed by atoms with Crippen LogP contribution >= 0.6 is 12.4 Å². The first-order valence-electron chi connectivity index (χ1n) is 2.47. The molecule has 1 aliphatic rings. The van der Waals surface area contributed by atoms with Crippen LogP contribution in [0.25, 0.3) is 0 Å². The Hall–Kier alpha value is 0.0700. The van der Waals surface area contributed by atoms with Crippen molar-refractivity contribution < 1.29 is 8.78 Å². The average molecular weight is 159 g/mol. The largest absolute Gasteiger partial charge is 0.322 e. The number of rotatable bonds is 0. The van der Waals surface area contributed by atoms with Crippen LogP contribution in [0.15, 0.2) is 0 Å². The number of nitrogens with one attached hydrogen (secondary N) is 1. The molecule has 1 aliphatic heterocycles. The third-order valence-electron chi connectivity index (χ3n) is 1.27. The molecule has 0 radical (unpaired) electrons. The molecule has 1 rings (SSSR count). The van der Waals surface area contributed by atoms with Gasteiger partial charge in [0.25, 0.3) is 5.92 Å². The van der Waals surface area contributed by atoms with Gasteiger partial charge in [0.1, 0.15) is 0 Å². The van der Waals surface area contributed by atoms with E-state index >= 15 is 0 Å². The van der Waals surface area contributed by atoms with Gasteiger partial charge in [0.2, 0.25) is 0 Å². The summed E-state index contributed by atoms with van der Waals surface area (Å²) in [6.07, 6.45) is 0. The van der Waals surface area contributed by atoms with Gasteiger partial charge < -0.3 is 11.1 Å². The summed E-state index contributed by atoms with van der Waals surface area (Å²) in [6, 6.07) is -0.984. The van der Waals surface area contributed by atoms with Crippen LogP contribution in [0.5, 0.6) is 0 Å². The molecule has 0 aromatic heterocycles. The van der Waals surface area contributed by atoms with E-state index in [1.807, 2.05) is 0 Å². The van der Waals surface area contributed by atoms with E-state index in [1.165, 1.54) is 0 Å². The van der Waals surface area contributed by atoms with Crippen LogP contribution < -0.4 is 11.1 Å². The second kappa shape index (κ2) is 2.77. The molecule has 1 fully saturated rings. The minimum Gasteiger partial charge on any atom is -0.322 e. The van der Waals surface area contributed by atoms with Crippen molar-refractivity contribution in [3.05, 3.63) is 0 Å². The molecule has 0 amide bonds. The molecule has 1 heterocycles. The predicted molar refractivity (Wildman–Crippen MR) is 33.0 cm³/mol. The molecule has 1 saturated heterocycles. The fourth-order valence-electron chi connectivity index (χ4n) is 0.675. The standard InChI is InChI=1S/C4H8F2N2.ClH/c5-4(6)2-8-1-3(4)7;/h3,8H,1-2,7H2;1H/t3-;/m0./s1. The molecule has 0 aromatic rings. The van der Waals surface area contributed by atoms with Crippen molar-refractivity contribution in [2.24, 2.45) is 5.73 Å². The Morgan fingerprint density at radius 2 is 2.11 bits per heavy atom. The minimum atomic E-state index is -2.68. The third kappa shape index (κ3) is 1.74. The van der Waals surface area contributed by atoms with Gasteiger partial charge in [-0.25, -0.2) is 8.78 Å². The summed E-state index contributed by atoms with van der Waals surface area (Å²) in [5, 5.41) is 2.49. The zero-order valence-corrected chi connectivity index (χ0v) is 5.55. The van der Waals surface area contributed by atoms with Crippen LogP contribution in [0, 0.1) is 0 Å². The molecular formula is C4H9ClF2N2. The molecule has 9 heavy (non-hydrogen) atoms. The van der Waals surface area contributed by atoms with Gasteiger partial charge in [0.05, 0.1) is 12.6 Å². The molecule has 0 aliphatic carbocycles. The highest BCUT2D eigenvalue weighted by Crippen LogP contribution is 2.19. The summed E-state index contributed by atoms with van der Waals surface area (Å²) in [5.74, 6) is -2.68. The zero-order valence-electron chi connectivity index (χ0n) is 4.73. The van der Waals surface area contributed by atoms with E-state index in [1.54, 1.807) is 0 Å². The van der Waals surface area contributed by atoms with E-state index in [0.717, 1.165) is 0 Å². The second-order valence-corrected chi connectivity index (χ2v) is 2.00. The van der Waals surface area contributed by atoms with E-state index in [0.29, 0.717) is 0 Å². The molecule has 0 unspecified atom stereocenters. The SMILES string of the molecule is Cl.N[C@H]1CNCC1(F)F. The summed E-state index contributed by atoms with van der Waals surface area (Å²) in [7, 11) is 0. The summed E-state index contributed by atoms with van der Waals surface area (Å²) in [6.45, 7) is -0.0405. The van der Waals surface area contributed by atoms with Crippen molar-refractivity contribution in [3.8, 4) is 0 Å². The fourth-order valence-corrected chi connectivity index (χ4v) is 0.675. The molecule has 1 atom stereocenters. The van der Waals surface area contributed by atoms with Gasteiger partial charge in [-0.05, 0) is 0 Å². The molecule has 0 bridgehead atoms. The summed E-state index contributed by atoms with van der Waals surface area (Å²) >= 11 is 0. The van der Waals surface area contributed by atoms with Crippen molar-refractivity contribution in [1.82, 2.24) is 5.32 Å². The summed E-state index contributed by atoms with van der Waals surface area (Å²) in [4.78, 5) is 0. The van der Waals surface area contributed by atoms with Gasteiger partial charge in [0, 0.05) is 6.54 Å². The Bertz CT molecular complexity index is 98.6. The van der Waals surface area contributed by atoms with Crippen LogP contribution in [0.3, 0.4) is 0 Å². The van der Waals surface area contributed by atoms with Crippen molar-refractivity contribution in [1.29, 1.82) is 0 Å². The highest BCUT2D eigenvalue weighted by molar-refractivity contribution is 5.85. The van der Waals surface area contributed by atoms with E-state index in [-0.39, 0.29) is 25.5 Å². The van der Waals surface area contributed by atoms with Crippen LogP contribution in [-0.2, 0) is 0 Å². The Labute approximate surface area is 58.2 Å². The van der Waals surface area contributed by atoms with Gasteiger partial charge >= 0.3 is 0 Å². The molecule has 56 valence electrons. The predicted octanol–water partition coefficient (Wildman–Crippen LogP) is -0.0260. The van der Waals surface area contributed by atoms with E-state index < -0.39 is 12.0 Å². The van der Waals surface area contributed by atoms with E-state index in [9.17, 15) is 8.78 Å². The van der Waals surface area contributed by atoms with Crippen LogP contribution in [0.2, 0.25) is 0 Å². The number of hydrogen-bond acceptors (Lipinski definition) is 2. The number of nitrogens with two attached hydrogens (primary N) is 1. The first kappa shape index (κ1) is 9.07. The maximum absolute atomic E-state index is 12.2. The maximum atomic E-state index is 12.2. The van der Waals surface area contributed by atoms with Crippen molar-refractivity contribution in [2.75, 3.05) is 13.1 Å². The average Bonchev–Trinajstić information content (AvgIpc) is 1.86. The Kier molecular flexibility index (Phi) is 2.79. The lowest BCUT2D eigenvalue weighted by Gasteiger charge is -2.10. The monoisotopic (exact) mass is 158 g/mol. The van der Waals surface area contributed by atoms with Gasteiger partial charge in [-0.3, -0.25) is 0 Å². The maximum Gasteiger partial charge on any atom is 0.276 e. The molecule has 3 N–H and O–H groups in total. The molecular weight excluding hydrogens is 150 g/mol. The Morgan fingerprint density at radius 1 is 1.56 bits per heavy atom. The minimum absolute atomic E-state index is 0. The quantitative estimate of drug-likeness (QED) is 0.520. The smallest absolute Gasteiger partial charge is 0.276 e. The zero-order chi connectivity index (χ0) is 6.20. The lowest BCUT2D eigenvalue weighted by Crippen LogP contribution is -2.38. The highest BCUT2D eigenvalue weighted by Gasteiger charge is 2.41. The van der Waals surface area contributed by atoms with E-state index in [4.69, 9.17) is 5.73 Å². The first-order chi connectivity index (χ1) is 3.63. The number of halogens is 3. The lowest BCUT2D eigenvalue weighted by atomic mass is 10.2. The van der Waals surface area contributed by atoms with Gasteiger partial charge in [0.15, 0.2) is 0 Å². The molecule has 0 saturated carbocycles. The normalized spacial score (nSPS) is 31.7. The molecule has 2 nitrogen and oxygen atoms in total. The van der Waals surface area contributed by atoms with Gasteiger partial charge in [-0.2, -0.15) is 0 Å². The number of alkyl halides is 2. The van der Waals surface area contributed by atoms with Gasteiger partial charge in [-0.15, -0.1) is 12.4 Å². The molecule has 0 aromatic carbocycles. The van der Waals surface area contributed by atoms with Crippen molar-refractivity contribution in [2.45, 2.75) is 12.0 Å². The number of hydrogen-bond donors (Lipinski definition) is 2. The van der Waals surface area contributed by atoms with Gasteiger partial charge in [-0.1, -0.05) is 0 Å². The van der Waals surface area contributed by atoms with Crippen LogP contribution in [0.4, 0.5) is 8.78 Å². The Morgan fingerprint density at radius 3 is 2.22 bits per heavy atom. The van der Waals surface area contributed by atoms with Crippen molar-refractivity contribution in [3.63, 3.8) is 0 Å². The summed E-state index contributed by atoms with van der Waals surface area (Å²) in [5.41, 5.74) is 5.00. The molecule has 0 spiro atoms. The second-order valence-electron chi connectivity index (χ2n) is 2.00. The van der Waals surface area contributed by atoms with E-state index in [2.05, 4.69) is 5.32 Å². The lowest BCUT2D eigenvalue weighted by molar-refractivity contribution is 0.00814. The van der Waals surface area contributed by atoms with Crippen molar-refractivity contribution >= 4 is 12.4 Å². The fraction of sp³-hybridized carbons (Fsp3) is 1.00. The third-order valence-corrected chi connectivity index (χ3v) is 1.27. The topological polar surface area (TPSA) is 38.0 Å². The van der Waals surface area contributed by atoms with Crippen LogP contribution in [-0.4, -0.2) is 25.1 Å². The first-order valence-corrected chi connectivity index (χ1v) is 2.47. The van der Waals surface area contributed by atoms with Crippen LogP contribution in [0.1, 0.15) is 0 Å². The Balaban J connectivity index is 0.000000640. The summed E-state index contributed by atoms with van der Waals surface area (Å²) < 4.78 is 24.3. The highest BCUT2D eigenvalue weighted by atomic mass is 35.5.